The largest absolute Gasteiger partial charge is 0.478 e. The first-order valence-corrected chi connectivity index (χ1v) is 16.8. The van der Waals surface area contributed by atoms with Gasteiger partial charge in [-0.05, 0) is 74.8 Å². The molecule has 0 atom stereocenters. The molecule has 5 aliphatic rings. The number of aromatic carboxylic acids is 1. The van der Waals surface area contributed by atoms with Gasteiger partial charge in [0, 0.05) is 65.7 Å². The minimum atomic E-state index is -4.94. The van der Waals surface area contributed by atoms with Gasteiger partial charge in [0.2, 0.25) is 5.36 Å². The summed E-state index contributed by atoms with van der Waals surface area (Å²) in [7, 11) is -4.94. The van der Waals surface area contributed by atoms with E-state index in [1.54, 1.807) is 13.0 Å². The number of aryl methyl sites for hydroxylation is 2. The average molecular weight is 637 g/mol. The number of carboxylic acid groups (broad SMARTS) is 1. The van der Waals surface area contributed by atoms with E-state index < -0.39 is 16.2 Å². The molecule has 0 fully saturated rings. The number of carbonyl (C=O) groups is 1. The predicted molar refractivity (Wildman–Crippen MR) is 156 cm³/mol. The van der Waals surface area contributed by atoms with E-state index >= 15 is 0 Å². The zero-order chi connectivity index (χ0) is 31.9. The van der Waals surface area contributed by atoms with E-state index in [0.29, 0.717) is 5.56 Å². The topological polar surface area (TPSA) is 165 Å². The van der Waals surface area contributed by atoms with Crippen molar-refractivity contribution in [2.24, 2.45) is 0 Å². The zero-order valence-electron chi connectivity index (χ0n) is 25.3. The zero-order valence-corrected chi connectivity index (χ0v) is 26.0. The van der Waals surface area contributed by atoms with E-state index in [-0.39, 0.29) is 6.61 Å². The molecule has 0 aliphatic carbocycles. The Balaban J connectivity index is 0.000000403. The van der Waals surface area contributed by atoms with Crippen LogP contribution < -0.4 is 43.4 Å². The fraction of sp³-hybridized carbons (Fsp3) is 0.412. The van der Waals surface area contributed by atoms with Crippen molar-refractivity contribution in [1.82, 2.24) is 4.58 Å². The minimum absolute atomic E-state index is 0.250. The van der Waals surface area contributed by atoms with Crippen molar-refractivity contribution in [3.8, 4) is 11.5 Å². The highest BCUT2D eigenvalue weighted by Gasteiger charge is 2.36. The summed E-state index contributed by atoms with van der Waals surface area (Å²) >= 11 is 0. The molecule has 11 heteroatoms. The quantitative estimate of drug-likeness (QED) is 0.264. The van der Waals surface area contributed by atoms with Crippen LogP contribution in [0, 0.1) is 10.2 Å². The molecule has 5 aliphatic heterocycles. The number of nitrogens with zero attached hydrogens (tertiary/aromatic N) is 2. The molecule has 45 heavy (non-hydrogen) atoms. The molecule has 0 spiro atoms. The first-order chi connectivity index (χ1) is 21.6. The van der Waals surface area contributed by atoms with Crippen LogP contribution >= 0.6 is 0 Å². The lowest BCUT2D eigenvalue weighted by Crippen LogP contribution is -2.68. The molecule has 10 nitrogen and oxygen atoms in total. The van der Waals surface area contributed by atoms with E-state index in [1.165, 1.54) is 33.3 Å². The molecule has 0 unspecified atom stereocenters. The third-order valence-electron chi connectivity index (χ3n) is 9.11. The third-order valence-corrected chi connectivity index (χ3v) is 9.11. The van der Waals surface area contributed by atoms with Gasteiger partial charge in [0.25, 0.3) is 0 Å². The van der Waals surface area contributed by atoms with Crippen LogP contribution in [-0.2, 0) is 25.7 Å². The van der Waals surface area contributed by atoms with Gasteiger partial charge in [-0.2, -0.15) is 0 Å². The second kappa shape index (κ2) is 12.7. The van der Waals surface area contributed by atoms with Crippen molar-refractivity contribution >= 4 is 17.2 Å². The number of halogens is 1. The molecule has 0 aromatic heterocycles. The number of ether oxygens (including phenoxy) is 1. The Hall–Kier alpha value is -3.51. The summed E-state index contributed by atoms with van der Waals surface area (Å²) in [4.78, 5) is 15.0. The molecule has 0 saturated carbocycles. The number of rotatable bonds is 2. The van der Waals surface area contributed by atoms with Crippen molar-refractivity contribution in [1.29, 1.82) is 0 Å². The van der Waals surface area contributed by atoms with Gasteiger partial charge in [-0.25, -0.2) is 28.0 Å². The van der Waals surface area contributed by atoms with Crippen molar-refractivity contribution in [3.63, 3.8) is 0 Å². The van der Waals surface area contributed by atoms with Crippen molar-refractivity contribution < 1.29 is 48.6 Å². The van der Waals surface area contributed by atoms with Crippen molar-refractivity contribution in [2.75, 3.05) is 37.7 Å². The number of anilines is 1. The Bertz CT molecular complexity index is 1770. The second-order valence-corrected chi connectivity index (χ2v) is 12.6. The predicted octanol–water partition coefficient (Wildman–Crippen LogP) is -0.937. The number of aliphatic hydroxyl groups excluding tert-OH is 1. The van der Waals surface area contributed by atoms with E-state index in [0.717, 1.165) is 111 Å². The highest BCUT2D eigenvalue weighted by Crippen LogP contribution is 2.48. The Morgan fingerprint density at radius 2 is 1.51 bits per heavy atom. The lowest BCUT2D eigenvalue weighted by Gasteiger charge is -2.39. The van der Waals surface area contributed by atoms with Gasteiger partial charge in [-0.15, -0.1) is 10.2 Å². The molecule has 0 bridgehead atoms. The summed E-state index contributed by atoms with van der Waals surface area (Å²) in [6.45, 7) is 6.38. The molecule has 5 heterocycles. The second-order valence-electron chi connectivity index (χ2n) is 11.9. The van der Waals surface area contributed by atoms with Crippen LogP contribution in [0.3, 0.4) is 0 Å². The maximum atomic E-state index is 12.4. The van der Waals surface area contributed by atoms with Gasteiger partial charge in [0.15, 0.2) is 0 Å². The molecule has 0 amide bonds. The van der Waals surface area contributed by atoms with E-state index in [2.05, 4.69) is 21.6 Å². The Morgan fingerprint density at radius 3 is 2.22 bits per heavy atom. The molecule has 0 radical (unpaired) electrons. The normalized spacial score (nSPS) is 17.2. The van der Waals surface area contributed by atoms with Crippen LogP contribution in [0.2, 0.25) is 0 Å². The summed E-state index contributed by atoms with van der Waals surface area (Å²) in [5.41, 5.74) is 10.1. The molecule has 3 aromatic rings. The van der Waals surface area contributed by atoms with Crippen LogP contribution in [0.15, 0.2) is 36.4 Å². The number of fused-ring (bicyclic) bond motifs is 4. The highest BCUT2D eigenvalue weighted by molar-refractivity contribution is 5.99. The maximum Gasteiger partial charge on any atom is 0.336 e. The van der Waals surface area contributed by atoms with Crippen LogP contribution in [0.5, 0.6) is 11.5 Å². The molecule has 8 rings (SSSR count). The van der Waals surface area contributed by atoms with Gasteiger partial charge in [-0.3, -0.25) is 0 Å². The van der Waals surface area contributed by atoms with E-state index in [9.17, 15) is 9.90 Å². The number of benzene rings is 3. The van der Waals surface area contributed by atoms with Crippen LogP contribution in [0.1, 0.15) is 76.3 Å². The molecule has 2 N–H and O–H groups in total. The molecule has 0 saturated heterocycles. The summed E-state index contributed by atoms with van der Waals surface area (Å²) in [6.07, 6.45) is 8.74. The smallest absolute Gasteiger partial charge is 0.336 e. The Kier molecular flexibility index (Phi) is 8.89. The lowest BCUT2D eigenvalue weighted by atomic mass is 9.82. The monoisotopic (exact) mass is 636 g/mol. The standard InChI is InChI=1S/C32H30N2O3.C2H6O.ClHO4/c35-32(36)22-10-2-1-9-21(22)27-25-17-19-7-3-13-33-15-5-11-23(28(19)33)30(25)37-31-24-12-6-16-34-14-4-8-20(29(24)34)18-26(27)31;1-2-3;2-1(3,4)5/h1-2,9-10,17-18H,3-8,11-16H2;3H,2H2,1H3;(H,2,3,4,5). The van der Waals surface area contributed by atoms with Crippen LogP contribution in [-0.4, -0.2) is 49.0 Å². The molecular weight excluding hydrogens is 600 g/mol. The highest BCUT2D eigenvalue weighted by atomic mass is 35.7. The van der Waals surface area contributed by atoms with Gasteiger partial charge >= 0.3 is 5.97 Å². The van der Waals surface area contributed by atoms with E-state index in [1.807, 2.05) is 18.2 Å². The number of hydrogen-bond donors (Lipinski definition) is 2. The van der Waals surface area contributed by atoms with Gasteiger partial charge in [0.05, 0.1) is 11.1 Å². The minimum Gasteiger partial charge on any atom is -0.478 e. The van der Waals surface area contributed by atoms with Crippen LogP contribution in [0.4, 0.5) is 5.69 Å². The number of aliphatic hydroxyl groups is 1. The molecular formula is C34H37ClN2O8. The average Bonchev–Trinajstić information content (AvgIpc) is 3.00. The van der Waals surface area contributed by atoms with Crippen molar-refractivity contribution in [2.45, 2.75) is 58.3 Å². The SMILES string of the molecule is CCO.O=C(O)c1ccccc1C1=c2cc3c4c(c2Oc2c1cc1c5c2CCCN5CCC1)CCC[N+]=4CCC3.[O-][Cl+3]([O-])([O-])[O-]. The summed E-state index contributed by atoms with van der Waals surface area (Å²) < 4.78 is 43.6. The van der Waals surface area contributed by atoms with E-state index in [4.69, 9.17) is 28.5 Å². The first-order valence-electron chi connectivity index (χ1n) is 15.6. The number of hydrogen-bond acceptors (Lipinski definition) is 8. The lowest BCUT2D eigenvalue weighted by molar-refractivity contribution is -2.00. The fourth-order valence-corrected chi connectivity index (χ4v) is 7.69. The summed E-state index contributed by atoms with van der Waals surface area (Å²) in [5.74, 6) is 1.06. The fourth-order valence-electron chi connectivity index (χ4n) is 7.69. The Morgan fingerprint density at radius 1 is 0.889 bits per heavy atom. The van der Waals surface area contributed by atoms with Crippen LogP contribution in [0.25, 0.3) is 5.57 Å². The Labute approximate surface area is 263 Å². The van der Waals surface area contributed by atoms with Crippen molar-refractivity contribution in [3.05, 3.63) is 85.9 Å². The number of carboxylic acids is 1. The van der Waals surface area contributed by atoms with Gasteiger partial charge in [-0.1, -0.05) is 18.2 Å². The third kappa shape index (κ3) is 6.06. The van der Waals surface area contributed by atoms with Gasteiger partial charge < -0.3 is 19.8 Å². The first kappa shape index (κ1) is 31.5. The summed E-state index contributed by atoms with van der Waals surface area (Å²) in [5, 5.41) is 20.2. The van der Waals surface area contributed by atoms with Gasteiger partial charge in [0.1, 0.15) is 24.6 Å². The maximum absolute atomic E-state index is 12.4. The summed E-state index contributed by atoms with van der Waals surface area (Å²) in [6, 6.07) is 12.2. The molecule has 238 valence electrons. The molecule has 3 aromatic carbocycles.